The number of rotatable bonds is 1. The monoisotopic (exact) mass is 346 g/mol. The number of fused-ring (bicyclic) bond motifs is 2. The van der Waals surface area contributed by atoms with Gasteiger partial charge in [0.05, 0.1) is 12.7 Å². The molecule has 21 heavy (non-hydrogen) atoms. The van der Waals surface area contributed by atoms with Crippen LogP contribution in [-0.2, 0) is 6.42 Å². The molecule has 2 heterocycles. The summed E-state index contributed by atoms with van der Waals surface area (Å²) in [7, 11) is 0. The maximum Gasteiger partial charge on any atom is 0.127 e. The number of aliphatic hydroxyl groups excluding tert-OH is 1. The second kappa shape index (κ2) is 5.04. The number of benzene rings is 2. The minimum Gasteiger partial charge on any atom is -0.493 e. The highest BCUT2D eigenvalue weighted by molar-refractivity contribution is 9.10. The van der Waals surface area contributed by atoms with Gasteiger partial charge >= 0.3 is 0 Å². The van der Waals surface area contributed by atoms with Crippen molar-refractivity contribution in [2.75, 3.05) is 6.61 Å². The van der Waals surface area contributed by atoms with Crippen molar-refractivity contribution in [2.24, 2.45) is 0 Å². The van der Waals surface area contributed by atoms with Crippen LogP contribution in [-0.4, -0.2) is 11.7 Å². The lowest BCUT2D eigenvalue weighted by Gasteiger charge is -2.30. The summed E-state index contributed by atoms with van der Waals surface area (Å²) in [6.07, 6.45) is 0.908. The lowest BCUT2D eigenvalue weighted by molar-refractivity contribution is 0.0656. The van der Waals surface area contributed by atoms with E-state index in [1.807, 2.05) is 30.3 Å². The predicted octanol–water partition coefficient (Wildman–Crippen LogP) is 3.94. The number of hydrogen-bond donors (Lipinski definition) is 1. The van der Waals surface area contributed by atoms with E-state index in [4.69, 9.17) is 9.47 Å². The second-order valence-electron chi connectivity index (χ2n) is 5.51. The lowest BCUT2D eigenvalue weighted by Crippen LogP contribution is -2.19. The van der Waals surface area contributed by atoms with Gasteiger partial charge in [0, 0.05) is 22.9 Å². The molecule has 0 fully saturated rings. The van der Waals surface area contributed by atoms with Gasteiger partial charge in [0.25, 0.3) is 0 Å². The van der Waals surface area contributed by atoms with Crippen LogP contribution in [0.2, 0.25) is 0 Å². The molecule has 2 atom stereocenters. The largest absolute Gasteiger partial charge is 0.493 e. The zero-order valence-corrected chi connectivity index (χ0v) is 13.0. The van der Waals surface area contributed by atoms with Crippen LogP contribution in [0.25, 0.3) is 0 Å². The Labute approximate surface area is 131 Å². The van der Waals surface area contributed by atoms with Gasteiger partial charge in [0.1, 0.15) is 17.6 Å². The molecule has 0 bridgehead atoms. The molecule has 4 rings (SSSR count). The predicted molar refractivity (Wildman–Crippen MR) is 82.7 cm³/mol. The average molecular weight is 347 g/mol. The summed E-state index contributed by atoms with van der Waals surface area (Å²) in [5.41, 5.74) is 3.18. The SMILES string of the molecule is O[C@H]1CC(c2ccc3c(c2)CCO3)Oc2ccc(Br)cc21. The van der Waals surface area contributed by atoms with E-state index in [0.29, 0.717) is 6.42 Å². The lowest BCUT2D eigenvalue weighted by atomic mass is 9.94. The number of aliphatic hydroxyl groups is 1. The summed E-state index contributed by atoms with van der Waals surface area (Å²) in [4.78, 5) is 0. The Morgan fingerprint density at radius 3 is 2.86 bits per heavy atom. The molecule has 0 saturated carbocycles. The minimum atomic E-state index is -0.499. The standard InChI is InChI=1S/C17H15BrO3/c18-12-2-4-16-13(8-12)14(19)9-17(21-16)10-1-3-15-11(7-10)5-6-20-15/h1-4,7-8,14,17,19H,5-6,9H2/t14-,17?/m0/s1. The Bertz CT molecular complexity index is 698. The summed E-state index contributed by atoms with van der Waals surface area (Å²) >= 11 is 3.43. The quantitative estimate of drug-likeness (QED) is 0.849. The number of hydrogen-bond acceptors (Lipinski definition) is 3. The topological polar surface area (TPSA) is 38.7 Å². The molecule has 0 aromatic heterocycles. The average Bonchev–Trinajstić information content (AvgIpc) is 2.95. The molecular formula is C17H15BrO3. The van der Waals surface area contributed by atoms with E-state index in [-0.39, 0.29) is 6.10 Å². The van der Waals surface area contributed by atoms with Crippen molar-refractivity contribution in [3.63, 3.8) is 0 Å². The second-order valence-corrected chi connectivity index (χ2v) is 6.42. The van der Waals surface area contributed by atoms with Crippen molar-refractivity contribution >= 4 is 15.9 Å². The molecular weight excluding hydrogens is 332 g/mol. The maximum absolute atomic E-state index is 10.4. The summed E-state index contributed by atoms with van der Waals surface area (Å²) in [6, 6.07) is 11.9. The summed E-state index contributed by atoms with van der Waals surface area (Å²) in [6.45, 7) is 0.754. The van der Waals surface area contributed by atoms with Gasteiger partial charge in [0.2, 0.25) is 0 Å². The third kappa shape index (κ3) is 2.32. The van der Waals surface area contributed by atoms with Gasteiger partial charge in [-0.25, -0.2) is 0 Å². The van der Waals surface area contributed by atoms with E-state index in [1.165, 1.54) is 5.56 Å². The highest BCUT2D eigenvalue weighted by atomic mass is 79.9. The molecule has 1 unspecified atom stereocenters. The molecule has 4 heteroatoms. The first kappa shape index (κ1) is 13.2. The van der Waals surface area contributed by atoms with Gasteiger partial charge in [0.15, 0.2) is 0 Å². The Hall–Kier alpha value is -1.52. The van der Waals surface area contributed by atoms with Crippen molar-refractivity contribution in [1.29, 1.82) is 0 Å². The van der Waals surface area contributed by atoms with Crippen LogP contribution < -0.4 is 9.47 Å². The highest BCUT2D eigenvalue weighted by Crippen LogP contribution is 2.42. The Kier molecular flexibility index (Phi) is 3.16. The first-order valence-corrected chi connectivity index (χ1v) is 7.90. The minimum absolute atomic E-state index is 0.112. The molecule has 1 N–H and O–H groups in total. The summed E-state index contributed by atoms with van der Waals surface area (Å²) in [5, 5.41) is 10.4. The summed E-state index contributed by atoms with van der Waals surface area (Å²) in [5.74, 6) is 1.73. The zero-order chi connectivity index (χ0) is 14.4. The normalized spacial score (nSPS) is 23.0. The Morgan fingerprint density at radius 1 is 1.10 bits per heavy atom. The molecule has 2 aliphatic rings. The number of halogens is 1. The van der Waals surface area contributed by atoms with E-state index in [2.05, 4.69) is 22.0 Å². The van der Waals surface area contributed by atoms with Crippen molar-refractivity contribution in [3.05, 3.63) is 57.6 Å². The first-order valence-electron chi connectivity index (χ1n) is 7.10. The van der Waals surface area contributed by atoms with Crippen LogP contribution in [0.3, 0.4) is 0 Å². The third-order valence-electron chi connectivity index (χ3n) is 4.12. The van der Waals surface area contributed by atoms with Crippen molar-refractivity contribution < 1.29 is 14.6 Å². The fourth-order valence-corrected chi connectivity index (χ4v) is 3.41. The summed E-state index contributed by atoms with van der Waals surface area (Å²) < 4.78 is 12.6. The van der Waals surface area contributed by atoms with Gasteiger partial charge in [-0.05, 0) is 41.5 Å². The molecule has 108 valence electrons. The van der Waals surface area contributed by atoms with Gasteiger partial charge in [-0.2, -0.15) is 0 Å². The Balaban J connectivity index is 1.67. The van der Waals surface area contributed by atoms with Crippen molar-refractivity contribution in [1.82, 2.24) is 0 Å². The first-order chi connectivity index (χ1) is 10.2. The molecule has 3 nitrogen and oxygen atoms in total. The van der Waals surface area contributed by atoms with Gasteiger partial charge < -0.3 is 14.6 Å². The van der Waals surface area contributed by atoms with Crippen LogP contribution in [0.5, 0.6) is 11.5 Å². The molecule has 2 aromatic carbocycles. The van der Waals surface area contributed by atoms with Crippen molar-refractivity contribution in [2.45, 2.75) is 25.0 Å². The van der Waals surface area contributed by atoms with Crippen LogP contribution in [0.4, 0.5) is 0 Å². The third-order valence-corrected chi connectivity index (χ3v) is 4.62. The van der Waals surface area contributed by atoms with E-state index < -0.39 is 6.10 Å². The molecule has 2 aromatic rings. The molecule has 0 spiro atoms. The van der Waals surface area contributed by atoms with Gasteiger partial charge in [-0.15, -0.1) is 0 Å². The van der Waals surface area contributed by atoms with E-state index in [0.717, 1.165) is 40.1 Å². The zero-order valence-electron chi connectivity index (χ0n) is 11.4. The number of ether oxygens (including phenoxy) is 2. The Morgan fingerprint density at radius 2 is 1.95 bits per heavy atom. The smallest absolute Gasteiger partial charge is 0.127 e. The molecule has 0 saturated heterocycles. The van der Waals surface area contributed by atoms with Crippen LogP contribution in [0.15, 0.2) is 40.9 Å². The van der Waals surface area contributed by atoms with E-state index in [1.54, 1.807) is 0 Å². The molecule has 0 aliphatic carbocycles. The van der Waals surface area contributed by atoms with Crippen LogP contribution in [0, 0.1) is 0 Å². The van der Waals surface area contributed by atoms with Gasteiger partial charge in [-0.1, -0.05) is 22.0 Å². The molecule has 0 radical (unpaired) electrons. The molecule has 2 aliphatic heterocycles. The van der Waals surface area contributed by atoms with Crippen molar-refractivity contribution in [3.8, 4) is 11.5 Å². The fourth-order valence-electron chi connectivity index (χ4n) is 3.03. The van der Waals surface area contributed by atoms with E-state index in [9.17, 15) is 5.11 Å². The fraction of sp³-hybridized carbons (Fsp3) is 0.294. The van der Waals surface area contributed by atoms with Crippen LogP contribution in [0.1, 0.15) is 35.3 Å². The van der Waals surface area contributed by atoms with E-state index >= 15 is 0 Å². The van der Waals surface area contributed by atoms with Gasteiger partial charge in [-0.3, -0.25) is 0 Å². The maximum atomic E-state index is 10.4. The highest BCUT2D eigenvalue weighted by Gasteiger charge is 2.29. The van der Waals surface area contributed by atoms with Crippen LogP contribution >= 0.6 is 15.9 Å². The molecule has 0 amide bonds.